The van der Waals surface area contributed by atoms with Gasteiger partial charge in [-0.05, 0) is 16.2 Å². The third-order valence-corrected chi connectivity index (χ3v) is 6.30. The smallest absolute Gasteiger partial charge is 0.0700 e. The number of hydrogen-bond acceptors (Lipinski definition) is 4. The van der Waals surface area contributed by atoms with E-state index in [1.807, 2.05) is 17.8 Å². The molecule has 62 valence electrons. The maximum atomic E-state index is 3.75. The van der Waals surface area contributed by atoms with Gasteiger partial charge in [-0.3, -0.25) is 0 Å². The Hall–Kier alpha value is 0.360. The van der Waals surface area contributed by atoms with Crippen molar-refractivity contribution < 1.29 is 0 Å². The highest BCUT2D eigenvalue weighted by molar-refractivity contribution is 8.33. The Balaban J connectivity index is 2.10. The number of thioether (sulfide) groups is 4. The molecule has 0 fully saturated rings. The second-order valence-corrected chi connectivity index (χ2v) is 6.34. The van der Waals surface area contributed by atoms with Gasteiger partial charge < -0.3 is 0 Å². The first-order chi connectivity index (χ1) is 5.90. The van der Waals surface area contributed by atoms with E-state index in [1.165, 1.54) is 13.4 Å². The van der Waals surface area contributed by atoms with E-state index in [0.29, 0.717) is 0 Å². The first kappa shape index (κ1) is 8.94. The van der Waals surface area contributed by atoms with Crippen LogP contribution in [0.5, 0.6) is 0 Å². The van der Waals surface area contributed by atoms with Crippen LogP contribution in [0.4, 0.5) is 0 Å². The highest BCUT2D eigenvalue weighted by atomic mass is 32.2. The van der Waals surface area contributed by atoms with Crippen molar-refractivity contribution in [1.82, 2.24) is 0 Å². The number of allylic oxidation sites excluding steroid dienone is 1. The summed E-state index contributed by atoms with van der Waals surface area (Å²) in [6, 6.07) is 0. The summed E-state index contributed by atoms with van der Waals surface area (Å²) in [5.41, 5.74) is 0. The summed E-state index contributed by atoms with van der Waals surface area (Å²) in [7, 11) is 0. The minimum atomic E-state index is 1.26. The molecule has 2 heterocycles. The van der Waals surface area contributed by atoms with Gasteiger partial charge in [-0.1, -0.05) is 59.7 Å². The van der Waals surface area contributed by atoms with E-state index in [4.69, 9.17) is 0 Å². The zero-order valence-corrected chi connectivity index (χ0v) is 9.42. The highest BCUT2D eigenvalue weighted by Gasteiger charge is 2.16. The molecule has 0 aliphatic carbocycles. The Morgan fingerprint density at radius 2 is 1.83 bits per heavy atom. The van der Waals surface area contributed by atoms with Crippen molar-refractivity contribution >= 4 is 47.0 Å². The van der Waals surface area contributed by atoms with Crippen LogP contribution in [0.2, 0.25) is 0 Å². The van der Waals surface area contributed by atoms with Crippen molar-refractivity contribution in [3.63, 3.8) is 0 Å². The molecule has 2 aliphatic rings. The first-order valence-electron chi connectivity index (χ1n) is 3.30. The second kappa shape index (κ2) is 4.05. The maximum absolute atomic E-state index is 3.75. The van der Waals surface area contributed by atoms with Crippen LogP contribution in [0.15, 0.2) is 42.3 Å². The second-order valence-electron chi connectivity index (χ2n) is 2.03. The molecule has 4 heteroatoms. The molecule has 0 spiro atoms. The van der Waals surface area contributed by atoms with Gasteiger partial charge in [-0.25, -0.2) is 0 Å². The average Bonchev–Trinajstić information content (AvgIpc) is 2.75. The lowest BCUT2D eigenvalue weighted by molar-refractivity contribution is 2.05. The molecule has 0 saturated heterocycles. The quantitative estimate of drug-likeness (QED) is 0.646. The third kappa shape index (κ3) is 1.82. The minimum absolute atomic E-state index is 1.26. The van der Waals surface area contributed by atoms with Crippen LogP contribution in [-0.4, -0.2) is 0 Å². The van der Waals surface area contributed by atoms with Crippen molar-refractivity contribution in [2.24, 2.45) is 0 Å². The number of rotatable bonds is 1. The van der Waals surface area contributed by atoms with Gasteiger partial charge in [0.25, 0.3) is 0 Å². The molecule has 0 saturated carbocycles. The molecule has 0 nitrogen and oxygen atoms in total. The fourth-order valence-electron chi connectivity index (χ4n) is 0.749. The van der Waals surface area contributed by atoms with E-state index in [1.54, 1.807) is 35.3 Å². The molecule has 2 aliphatic heterocycles. The minimum Gasteiger partial charge on any atom is -0.0979 e. The van der Waals surface area contributed by atoms with Gasteiger partial charge in [0, 0.05) is 4.91 Å². The normalized spacial score (nSPS) is 21.8. The van der Waals surface area contributed by atoms with Crippen LogP contribution in [0.3, 0.4) is 0 Å². The predicted octanol–water partition coefficient (Wildman–Crippen LogP) is 4.57. The van der Waals surface area contributed by atoms with Gasteiger partial charge in [0.1, 0.15) is 0 Å². The summed E-state index contributed by atoms with van der Waals surface area (Å²) >= 11 is 7.22. The summed E-state index contributed by atoms with van der Waals surface area (Å²) < 4.78 is 2.79. The van der Waals surface area contributed by atoms with E-state index < -0.39 is 0 Å². The fraction of sp³-hybridized carbons (Fsp3) is 0. The van der Waals surface area contributed by atoms with E-state index in [-0.39, 0.29) is 0 Å². The van der Waals surface area contributed by atoms with Crippen molar-refractivity contribution in [2.45, 2.75) is 0 Å². The van der Waals surface area contributed by atoms with E-state index in [2.05, 4.69) is 22.8 Å². The zero-order chi connectivity index (χ0) is 8.39. The summed E-state index contributed by atoms with van der Waals surface area (Å²) in [5, 5.41) is 6.40. The SMILES string of the molecule is C=CC1=CSC(=C2SC=CS2)S1. The maximum Gasteiger partial charge on any atom is 0.0700 e. The van der Waals surface area contributed by atoms with Crippen LogP contribution in [0.1, 0.15) is 0 Å². The van der Waals surface area contributed by atoms with Gasteiger partial charge in [-0.2, -0.15) is 0 Å². The van der Waals surface area contributed by atoms with Crippen LogP contribution in [-0.2, 0) is 0 Å². The van der Waals surface area contributed by atoms with Gasteiger partial charge in [-0.15, -0.1) is 0 Å². The Morgan fingerprint density at radius 1 is 1.08 bits per heavy atom. The number of hydrogen-bond donors (Lipinski definition) is 0. The van der Waals surface area contributed by atoms with Crippen LogP contribution < -0.4 is 0 Å². The molecule has 0 N–H and O–H groups in total. The fourth-order valence-corrected chi connectivity index (χ4v) is 5.06. The predicted molar refractivity (Wildman–Crippen MR) is 64.8 cm³/mol. The Kier molecular flexibility index (Phi) is 3.01. The summed E-state index contributed by atoms with van der Waals surface area (Å²) in [4.78, 5) is 1.26. The van der Waals surface area contributed by atoms with Crippen molar-refractivity contribution in [3.05, 3.63) is 42.3 Å². The first-order valence-corrected chi connectivity index (χ1v) is 6.75. The molecule has 0 amide bonds. The van der Waals surface area contributed by atoms with Crippen LogP contribution in [0.25, 0.3) is 0 Å². The molecular formula is C8H6S4. The van der Waals surface area contributed by atoms with Gasteiger partial charge in [0.2, 0.25) is 0 Å². The molecule has 0 aromatic heterocycles. The molecule has 2 rings (SSSR count). The molecular weight excluding hydrogens is 224 g/mol. The zero-order valence-electron chi connectivity index (χ0n) is 6.15. The molecule has 0 unspecified atom stereocenters. The van der Waals surface area contributed by atoms with E-state index >= 15 is 0 Å². The van der Waals surface area contributed by atoms with E-state index in [9.17, 15) is 0 Å². The summed E-state index contributed by atoms with van der Waals surface area (Å²) in [6.45, 7) is 3.75. The third-order valence-electron chi connectivity index (χ3n) is 1.27. The molecule has 0 atom stereocenters. The van der Waals surface area contributed by atoms with Crippen LogP contribution >= 0.6 is 47.0 Å². The molecule has 0 radical (unpaired) electrons. The van der Waals surface area contributed by atoms with Crippen molar-refractivity contribution in [3.8, 4) is 0 Å². The van der Waals surface area contributed by atoms with Crippen LogP contribution in [0, 0.1) is 0 Å². The van der Waals surface area contributed by atoms with Crippen molar-refractivity contribution in [1.29, 1.82) is 0 Å². The Labute approximate surface area is 89.0 Å². The monoisotopic (exact) mass is 230 g/mol. The molecule has 0 bridgehead atoms. The lowest BCUT2D eigenvalue weighted by Gasteiger charge is -1.98. The summed E-state index contributed by atoms with van der Waals surface area (Å²) in [6.07, 6.45) is 1.91. The largest absolute Gasteiger partial charge is 0.0979 e. The van der Waals surface area contributed by atoms with Crippen molar-refractivity contribution in [2.75, 3.05) is 0 Å². The Morgan fingerprint density at radius 3 is 2.42 bits per heavy atom. The molecule has 0 aromatic rings. The van der Waals surface area contributed by atoms with E-state index in [0.717, 1.165) is 0 Å². The standard InChI is InChI=1S/C8H6S4/c1-2-6-5-11-8(12-6)7-9-3-4-10-7/h2-5H,1H2. The average molecular weight is 230 g/mol. The van der Waals surface area contributed by atoms with Gasteiger partial charge >= 0.3 is 0 Å². The van der Waals surface area contributed by atoms with Gasteiger partial charge in [0.15, 0.2) is 0 Å². The topological polar surface area (TPSA) is 0 Å². The molecule has 12 heavy (non-hydrogen) atoms. The lowest BCUT2D eigenvalue weighted by atomic mass is 10.6. The highest BCUT2D eigenvalue weighted by Crippen LogP contribution is 2.53. The Bertz CT molecular complexity index is 288. The van der Waals surface area contributed by atoms with Gasteiger partial charge in [0.05, 0.1) is 8.47 Å². The summed E-state index contributed by atoms with van der Waals surface area (Å²) in [5.74, 6) is 0. The lowest BCUT2D eigenvalue weighted by Crippen LogP contribution is -1.65. The molecule has 0 aromatic carbocycles.